The Morgan fingerprint density at radius 1 is 1.17 bits per heavy atom. The van der Waals surface area contributed by atoms with Crippen LogP contribution in [0, 0.1) is 5.41 Å². The molecule has 3 rings (SSSR count). The van der Waals surface area contributed by atoms with Crippen LogP contribution in [-0.4, -0.2) is 0 Å². The van der Waals surface area contributed by atoms with Gasteiger partial charge in [0, 0.05) is 5.41 Å². The van der Waals surface area contributed by atoms with Crippen LogP contribution in [0.15, 0.2) is 36.4 Å². The third kappa shape index (κ3) is 0.547. The monoisotopic (exact) mass is 154 g/mol. The zero-order valence-electron chi connectivity index (χ0n) is 7.04. The highest BCUT2D eigenvalue weighted by atomic mass is 14.3. The molecule has 0 fully saturated rings. The van der Waals surface area contributed by atoms with E-state index in [2.05, 4.69) is 49.4 Å². The summed E-state index contributed by atoms with van der Waals surface area (Å²) < 4.78 is 0. The van der Waals surface area contributed by atoms with Crippen molar-refractivity contribution in [3.8, 4) is 0 Å². The molecule has 0 aromatic heterocycles. The van der Waals surface area contributed by atoms with Gasteiger partial charge in [-0.15, -0.1) is 0 Å². The molecule has 12 heavy (non-hydrogen) atoms. The molecule has 1 unspecified atom stereocenters. The first kappa shape index (κ1) is 6.24. The maximum absolute atomic E-state index is 2.34. The minimum absolute atomic E-state index is 0.254. The van der Waals surface area contributed by atoms with E-state index in [-0.39, 0.29) is 5.41 Å². The predicted octanol–water partition coefficient (Wildman–Crippen LogP) is 1.21. The first-order valence-corrected chi connectivity index (χ1v) is 4.32. The molecule has 0 amide bonds. The molecule has 0 saturated carbocycles. The first-order valence-electron chi connectivity index (χ1n) is 4.32. The number of fused-ring (bicyclic) bond motifs is 2. The van der Waals surface area contributed by atoms with Gasteiger partial charge in [0.2, 0.25) is 0 Å². The summed E-state index contributed by atoms with van der Waals surface area (Å²) in [4.78, 5) is 0. The van der Waals surface area contributed by atoms with Crippen molar-refractivity contribution in [1.29, 1.82) is 0 Å². The summed E-state index contributed by atoms with van der Waals surface area (Å²) in [5.74, 6) is 0. The fourth-order valence-corrected chi connectivity index (χ4v) is 2.13. The summed E-state index contributed by atoms with van der Waals surface area (Å²) in [6.07, 6.45) is 6.84. The average Bonchev–Trinajstić information content (AvgIpc) is 2.23. The lowest BCUT2D eigenvalue weighted by molar-refractivity contribution is 0.766. The van der Waals surface area contributed by atoms with Crippen LogP contribution in [0.5, 0.6) is 0 Å². The summed E-state index contributed by atoms with van der Waals surface area (Å²) in [6, 6.07) is 8.60. The van der Waals surface area contributed by atoms with Gasteiger partial charge in [0.25, 0.3) is 0 Å². The van der Waals surface area contributed by atoms with Gasteiger partial charge in [-0.1, -0.05) is 42.5 Å². The minimum Gasteiger partial charge on any atom is -0.0701 e. The van der Waals surface area contributed by atoms with Gasteiger partial charge in [0.1, 0.15) is 0 Å². The molecular formula is C12H10. The van der Waals surface area contributed by atoms with Crippen LogP contribution in [0.3, 0.4) is 0 Å². The molecule has 1 aromatic carbocycles. The summed E-state index contributed by atoms with van der Waals surface area (Å²) in [6.45, 7) is 2.27. The van der Waals surface area contributed by atoms with Crippen molar-refractivity contribution < 1.29 is 0 Å². The van der Waals surface area contributed by atoms with E-state index in [1.807, 2.05) is 0 Å². The fraction of sp³-hybridized carbons (Fsp3) is 0.167. The number of benzene rings is 1. The Morgan fingerprint density at radius 3 is 2.75 bits per heavy atom. The maximum atomic E-state index is 2.34. The Morgan fingerprint density at radius 2 is 2.00 bits per heavy atom. The van der Waals surface area contributed by atoms with Crippen LogP contribution in [0.2, 0.25) is 0 Å². The molecule has 2 aliphatic carbocycles. The average molecular weight is 154 g/mol. The van der Waals surface area contributed by atoms with Gasteiger partial charge in [0.05, 0.1) is 0 Å². The zero-order chi connectivity index (χ0) is 8.18. The molecule has 0 bridgehead atoms. The molecule has 0 heteroatoms. The fourth-order valence-electron chi connectivity index (χ4n) is 2.13. The highest BCUT2D eigenvalue weighted by molar-refractivity contribution is 5.83. The second-order valence-corrected chi connectivity index (χ2v) is 3.76. The molecule has 0 N–H and O–H groups in total. The van der Waals surface area contributed by atoms with E-state index in [4.69, 9.17) is 0 Å². The Labute approximate surface area is 71.5 Å². The van der Waals surface area contributed by atoms with E-state index in [0.29, 0.717) is 0 Å². The summed E-state index contributed by atoms with van der Waals surface area (Å²) >= 11 is 0. The largest absolute Gasteiger partial charge is 0.0701 e. The molecule has 0 heterocycles. The highest BCUT2D eigenvalue weighted by Crippen LogP contribution is 2.41. The molecule has 1 atom stereocenters. The van der Waals surface area contributed by atoms with Crippen LogP contribution in [0.4, 0.5) is 0 Å². The Kier molecular flexibility index (Phi) is 0.891. The second-order valence-electron chi connectivity index (χ2n) is 3.76. The maximum Gasteiger partial charge on any atom is 0.0301 e. The Balaban J connectivity index is 2.56. The number of rotatable bonds is 0. The van der Waals surface area contributed by atoms with Gasteiger partial charge >= 0.3 is 0 Å². The van der Waals surface area contributed by atoms with Crippen molar-refractivity contribution in [2.75, 3.05) is 0 Å². The molecule has 1 aromatic rings. The highest BCUT2D eigenvalue weighted by Gasteiger charge is 2.32. The third-order valence-electron chi connectivity index (χ3n) is 2.88. The first-order chi connectivity index (χ1) is 5.80. The lowest BCUT2D eigenvalue weighted by atomic mass is 9.75. The van der Waals surface area contributed by atoms with Crippen molar-refractivity contribution in [2.45, 2.75) is 6.92 Å². The van der Waals surface area contributed by atoms with E-state index in [9.17, 15) is 0 Å². The van der Waals surface area contributed by atoms with Crippen molar-refractivity contribution in [3.05, 3.63) is 46.9 Å². The molecular weight excluding hydrogens is 144 g/mol. The van der Waals surface area contributed by atoms with Crippen LogP contribution < -0.4 is 10.4 Å². The van der Waals surface area contributed by atoms with E-state index < -0.39 is 0 Å². The number of allylic oxidation sites excluding steroid dienone is 2. The normalized spacial score (nSPS) is 28.9. The van der Waals surface area contributed by atoms with Crippen LogP contribution >= 0.6 is 0 Å². The minimum atomic E-state index is 0.254. The molecule has 0 radical (unpaired) electrons. The van der Waals surface area contributed by atoms with Crippen molar-refractivity contribution in [3.63, 3.8) is 0 Å². The van der Waals surface area contributed by atoms with Gasteiger partial charge in [-0.3, -0.25) is 0 Å². The van der Waals surface area contributed by atoms with Crippen molar-refractivity contribution >= 4 is 11.6 Å². The molecule has 0 aliphatic heterocycles. The number of hydrogen-bond acceptors (Lipinski definition) is 0. The SMILES string of the molecule is CC12C=CC1=c1ccccc1=C2. The molecule has 0 nitrogen and oxygen atoms in total. The summed E-state index contributed by atoms with van der Waals surface area (Å²) in [7, 11) is 0. The van der Waals surface area contributed by atoms with Gasteiger partial charge in [-0.2, -0.15) is 0 Å². The lowest BCUT2D eigenvalue weighted by Gasteiger charge is -2.28. The van der Waals surface area contributed by atoms with E-state index in [1.165, 1.54) is 16.0 Å². The third-order valence-corrected chi connectivity index (χ3v) is 2.88. The summed E-state index contributed by atoms with van der Waals surface area (Å²) in [5, 5.41) is 2.81. The predicted molar refractivity (Wildman–Crippen MR) is 50.8 cm³/mol. The lowest BCUT2D eigenvalue weighted by Crippen LogP contribution is -2.23. The molecule has 0 saturated heterocycles. The zero-order valence-corrected chi connectivity index (χ0v) is 7.04. The molecule has 2 aliphatic rings. The molecule has 0 spiro atoms. The van der Waals surface area contributed by atoms with Crippen LogP contribution in [0.25, 0.3) is 11.6 Å². The second kappa shape index (κ2) is 1.71. The van der Waals surface area contributed by atoms with Crippen LogP contribution in [-0.2, 0) is 0 Å². The van der Waals surface area contributed by atoms with E-state index in [1.54, 1.807) is 0 Å². The standard InChI is InChI=1S/C12H10/c1-12-7-6-11(12)10-5-3-2-4-9(10)8-12/h2-8H,1H3. The summed E-state index contributed by atoms with van der Waals surface area (Å²) in [5.41, 5.74) is 1.74. The smallest absolute Gasteiger partial charge is 0.0301 e. The van der Waals surface area contributed by atoms with E-state index >= 15 is 0 Å². The van der Waals surface area contributed by atoms with Crippen molar-refractivity contribution in [1.82, 2.24) is 0 Å². The molecule has 58 valence electrons. The Bertz CT molecular complexity index is 491. The topological polar surface area (TPSA) is 0 Å². The van der Waals surface area contributed by atoms with Gasteiger partial charge in [-0.25, -0.2) is 0 Å². The quantitative estimate of drug-likeness (QED) is 0.527. The van der Waals surface area contributed by atoms with Crippen LogP contribution in [0.1, 0.15) is 6.92 Å². The Hall–Kier alpha value is -1.30. The van der Waals surface area contributed by atoms with Crippen molar-refractivity contribution in [2.24, 2.45) is 5.41 Å². The number of hydrogen-bond donors (Lipinski definition) is 0. The van der Waals surface area contributed by atoms with Gasteiger partial charge in [-0.05, 0) is 22.9 Å². The van der Waals surface area contributed by atoms with Gasteiger partial charge in [0.15, 0.2) is 0 Å². The van der Waals surface area contributed by atoms with Gasteiger partial charge < -0.3 is 0 Å². The van der Waals surface area contributed by atoms with E-state index in [0.717, 1.165) is 0 Å².